The van der Waals surface area contributed by atoms with E-state index in [1.165, 1.54) is 0 Å². The Bertz CT molecular complexity index is 775. The Hall–Kier alpha value is -3.23. The van der Waals surface area contributed by atoms with Crippen LogP contribution in [0.3, 0.4) is 0 Å². The lowest BCUT2D eigenvalue weighted by Gasteiger charge is -2.10. The summed E-state index contributed by atoms with van der Waals surface area (Å²) in [4.78, 5) is 23.4. The standard InChI is InChI=1S/C18H18F3N3O3/c1-27-15-8-6-14(7-9-15)24-17(26)23-13-4-2-12(3-5-13)10-16(25)22-11-18(19,20)21/h2-9H,10-11H2,1H3,(H,22,25)(H2,23,24,26). The Morgan fingerprint density at radius 2 is 1.44 bits per heavy atom. The van der Waals surface area contributed by atoms with Crippen LogP contribution in [0.1, 0.15) is 5.56 Å². The van der Waals surface area contributed by atoms with E-state index in [-0.39, 0.29) is 6.42 Å². The third-order valence-corrected chi connectivity index (χ3v) is 3.41. The fraction of sp³-hybridized carbons (Fsp3) is 0.222. The molecule has 2 rings (SSSR count). The second kappa shape index (κ2) is 8.93. The van der Waals surface area contributed by atoms with Crippen LogP contribution in [0.4, 0.5) is 29.3 Å². The number of benzene rings is 2. The number of nitrogens with one attached hydrogen (secondary N) is 3. The highest BCUT2D eigenvalue weighted by molar-refractivity contribution is 5.99. The van der Waals surface area contributed by atoms with Crippen molar-refractivity contribution in [3.63, 3.8) is 0 Å². The first kappa shape index (κ1) is 20.1. The number of anilines is 2. The fourth-order valence-electron chi connectivity index (χ4n) is 2.12. The molecular weight excluding hydrogens is 363 g/mol. The molecule has 0 atom stereocenters. The molecule has 0 bridgehead atoms. The van der Waals surface area contributed by atoms with Gasteiger partial charge in [-0.3, -0.25) is 4.79 Å². The average molecular weight is 381 g/mol. The van der Waals surface area contributed by atoms with Gasteiger partial charge in [0.1, 0.15) is 12.3 Å². The summed E-state index contributed by atoms with van der Waals surface area (Å²) in [5.41, 5.74) is 1.57. The van der Waals surface area contributed by atoms with Crippen LogP contribution in [0.25, 0.3) is 0 Å². The molecule has 0 fully saturated rings. The molecule has 9 heteroatoms. The van der Waals surface area contributed by atoms with Gasteiger partial charge in [0, 0.05) is 11.4 Å². The number of ether oxygens (including phenoxy) is 1. The van der Waals surface area contributed by atoms with E-state index in [1.54, 1.807) is 61.0 Å². The van der Waals surface area contributed by atoms with Crippen molar-refractivity contribution in [3.05, 3.63) is 54.1 Å². The number of rotatable bonds is 6. The van der Waals surface area contributed by atoms with Gasteiger partial charge in [-0.25, -0.2) is 4.79 Å². The second-order valence-electron chi connectivity index (χ2n) is 5.57. The smallest absolute Gasteiger partial charge is 0.405 e. The lowest BCUT2D eigenvalue weighted by atomic mass is 10.1. The summed E-state index contributed by atoms with van der Waals surface area (Å²) in [5, 5.41) is 7.06. The minimum absolute atomic E-state index is 0.186. The Morgan fingerprint density at radius 1 is 0.926 bits per heavy atom. The van der Waals surface area contributed by atoms with Gasteiger partial charge in [-0.15, -0.1) is 0 Å². The number of carbonyl (C=O) groups excluding carboxylic acids is 2. The van der Waals surface area contributed by atoms with Gasteiger partial charge in [0.2, 0.25) is 5.91 Å². The van der Waals surface area contributed by atoms with E-state index in [2.05, 4.69) is 10.6 Å². The summed E-state index contributed by atoms with van der Waals surface area (Å²) >= 11 is 0. The first-order valence-electron chi connectivity index (χ1n) is 7.89. The topological polar surface area (TPSA) is 79.5 Å². The maximum atomic E-state index is 12.1. The summed E-state index contributed by atoms with van der Waals surface area (Å²) in [6.45, 7) is -1.36. The molecule has 0 aromatic heterocycles. The molecule has 0 spiro atoms. The molecular formula is C18H18F3N3O3. The van der Waals surface area contributed by atoms with E-state index < -0.39 is 24.7 Å². The Balaban J connectivity index is 1.83. The van der Waals surface area contributed by atoms with Gasteiger partial charge < -0.3 is 20.7 Å². The molecule has 0 heterocycles. The third-order valence-electron chi connectivity index (χ3n) is 3.41. The summed E-state index contributed by atoms with van der Waals surface area (Å²) in [7, 11) is 1.54. The number of hydrogen-bond acceptors (Lipinski definition) is 3. The molecule has 3 amide bonds. The minimum atomic E-state index is -4.44. The molecule has 2 aromatic carbocycles. The summed E-state index contributed by atoms with van der Waals surface area (Å²) < 4.78 is 41.2. The van der Waals surface area contributed by atoms with Crippen molar-refractivity contribution in [2.24, 2.45) is 0 Å². The first-order valence-corrected chi connectivity index (χ1v) is 7.89. The van der Waals surface area contributed by atoms with E-state index in [1.807, 2.05) is 0 Å². The predicted octanol–water partition coefficient (Wildman–Crippen LogP) is 3.56. The zero-order valence-electron chi connectivity index (χ0n) is 14.4. The number of hydrogen-bond donors (Lipinski definition) is 3. The SMILES string of the molecule is COc1ccc(NC(=O)Nc2ccc(CC(=O)NCC(F)(F)F)cc2)cc1. The van der Waals surface area contributed by atoms with Crippen molar-refractivity contribution in [1.29, 1.82) is 0 Å². The average Bonchev–Trinajstić information content (AvgIpc) is 2.62. The first-order chi connectivity index (χ1) is 12.7. The van der Waals surface area contributed by atoms with Gasteiger partial charge in [-0.2, -0.15) is 13.2 Å². The highest BCUT2D eigenvalue weighted by atomic mass is 19.4. The highest BCUT2D eigenvalue weighted by Gasteiger charge is 2.27. The monoisotopic (exact) mass is 381 g/mol. The van der Waals surface area contributed by atoms with Gasteiger partial charge in [0.15, 0.2) is 0 Å². The van der Waals surface area contributed by atoms with Crippen LogP contribution in [-0.2, 0) is 11.2 Å². The number of carbonyl (C=O) groups is 2. The van der Waals surface area contributed by atoms with Gasteiger partial charge in [-0.05, 0) is 42.0 Å². The quantitative estimate of drug-likeness (QED) is 0.716. The largest absolute Gasteiger partial charge is 0.497 e. The van der Waals surface area contributed by atoms with Crippen LogP contribution in [0.5, 0.6) is 5.75 Å². The Kier molecular flexibility index (Phi) is 6.64. The van der Waals surface area contributed by atoms with E-state index in [4.69, 9.17) is 4.74 Å². The molecule has 0 saturated carbocycles. The molecule has 2 aromatic rings. The van der Waals surface area contributed by atoms with Crippen molar-refractivity contribution in [2.75, 3.05) is 24.3 Å². The van der Waals surface area contributed by atoms with Crippen LogP contribution in [0, 0.1) is 0 Å². The maximum Gasteiger partial charge on any atom is 0.405 e. The lowest BCUT2D eigenvalue weighted by Crippen LogP contribution is -2.34. The zero-order valence-corrected chi connectivity index (χ0v) is 14.4. The van der Waals surface area contributed by atoms with Gasteiger partial charge in [-0.1, -0.05) is 12.1 Å². The lowest BCUT2D eigenvalue weighted by molar-refractivity contribution is -0.138. The van der Waals surface area contributed by atoms with Crippen LogP contribution < -0.4 is 20.7 Å². The number of alkyl halides is 3. The van der Waals surface area contributed by atoms with E-state index in [0.29, 0.717) is 22.7 Å². The molecule has 27 heavy (non-hydrogen) atoms. The molecule has 0 saturated heterocycles. The summed E-state index contributed by atoms with van der Waals surface area (Å²) in [5.74, 6) is -0.0684. The Labute approximate surface area is 153 Å². The third kappa shape index (κ3) is 7.27. The summed E-state index contributed by atoms with van der Waals surface area (Å²) in [6.07, 6.45) is -4.63. The van der Waals surface area contributed by atoms with Gasteiger partial charge >= 0.3 is 12.2 Å². The van der Waals surface area contributed by atoms with Gasteiger partial charge in [0.25, 0.3) is 0 Å². The number of urea groups is 1. The molecule has 0 aliphatic heterocycles. The summed E-state index contributed by atoms with van der Waals surface area (Å²) in [6, 6.07) is 12.5. The molecule has 0 unspecified atom stereocenters. The molecule has 6 nitrogen and oxygen atoms in total. The van der Waals surface area contributed by atoms with Crippen molar-refractivity contribution in [1.82, 2.24) is 5.32 Å². The minimum Gasteiger partial charge on any atom is -0.497 e. The van der Waals surface area contributed by atoms with Crippen molar-refractivity contribution in [3.8, 4) is 5.75 Å². The van der Waals surface area contributed by atoms with E-state index in [9.17, 15) is 22.8 Å². The molecule has 0 aliphatic rings. The van der Waals surface area contributed by atoms with Crippen LogP contribution in [0.15, 0.2) is 48.5 Å². The van der Waals surface area contributed by atoms with Gasteiger partial charge in [0.05, 0.1) is 13.5 Å². The number of methoxy groups -OCH3 is 1. The molecule has 144 valence electrons. The zero-order chi connectivity index (χ0) is 19.9. The molecule has 3 N–H and O–H groups in total. The number of halogens is 3. The second-order valence-corrected chi connectivity index (χ2v) is 5.57. The predicted molar refractivity (Wildman–Crippen MR) is 94.8 cm³/mol. The van der Waals surface area contributed by atoms with E-state index >= 15 is 0 Å². The maximum absolute atomic E-state index is 12.1. The molecule has 0 aliphatic carbocycles. The highest BCUT2D eigenvalue weighted by Crippen LogP contribution is 2.16. The van der Waals surface area contributed by atoms with Crippen LogP contribution in [0.2, 0.25) is 0 Å². The fourth-order valence-corrected chi connectivity index (χ4v) is 2.12. The van der Waals surface area contributed by atoms with Crippen molar-refractivity contribution in [2.45, 2.75) is 12.6 Å². The van der Waals surface area contributed by atoms with Crippen molar-refractivity contribution < 1.29 is 27.5 Å². The van der Waals surface area contributed by atoms with Crippen LogP contribution in [-0.4, -0.2) is 31.8 Å². The van der Waals surface area contributed by atoms with Crippen LogP contribution >= 0.6 is 0 Å². The van der Waals surface area contributed by atoms with E-state index in [0.717, 1.165) is 0 Å². The number of amides is 3. The molecule has 0 radical (unpaired) electrons. The normalized spacial score (nSPS) is 10.8. The Morgan fingerprint density at radius 3 is 1.93 bits per heavy atom. The van der Waals surface area contributed by atoms with Crippen molar-refractivity contribution >= 4 is 23.3 Å².